The van der Waals surface area contributed by atoms with Gasteiger partial charge < -0.3 is 0 Å². The molecular formula is C27H19N4OPtTe-3. The van der Waals surface area contributed by atoms with Gasteiger partial charge in [0.25, 0.3) is 0 Å². The van der Waals surface area contributed by atoms with Crippen molar-refractivity contribution < 1.29 is 25.8 Å². The van der Waals surface area contributed by atoms with Gasteiger partial charge in [0.1, 0.15) is 0 Å². The molecule has 4 aromatic rings. The zero-order valence-corrected chi connectivity index (χ0v) is 22.8. The fourth-order valence-corrected chi connectivity index (χ4v) is 6.73. The molecule has 172 valence electrons. The average Bonchev–Trinajstić information content (AvgIpc) is 3.30. The van der Waals surface area contributed by atoms with Gasteiger partial charge in [0.15, 0.2) is 0 Å². The van der Waals surface area contributed by atoms with Crippen molar-refractivity contribution >= 4 is 51.0 Å². The van der Waals surface area contributed by atoms with Crippen LogP contribution >= 0.6 is 0 Å². The topological polar surface area (TPSA) is 31.8 Å². The molecule has 1 aromatic heterocycles. The monoisotopic (exact) mass is 740 g/mol. The Morgan fingerprint density at radius 2 is 1.71 bits per heavy atom. The molecule has 3 heterocycles. The number of para-hydroxylation sites is 1. The fraction of sp³-hybridized carbons (Fsp3) is 0.0370. The van der Waals surface area contributed by atoms with Crippen LogP contribution in [0.15, 0.2) is 91.4 Å². The summed E-state index contributed by atoms with van der Waals surface area (Å²) in [6.45, 7) is 1.99. The Hall–Kier alpha value is -2.77. The molecule has 0 aliphatic carbocycles. The molecule has 2 aliphatic heterocycles. The second kappa shape index (κ2) is 9.84. The van der Waals surface area contributed by atoms with E-state index in [0.717, 1.165) is 17.2 Å². The predicted octanol–water partition coefficient (Wildman–Crippen LogP) is 4.25. The van der Waals surface area contributed by atoms with Crippen LogP contribution in [0.25, 0.3) is 0 Å². The summed E-state index contributed by atoms with van der Waals surface area (Å²) in [5.74, 6) is 2.19. The molecule has 0 saturated carbocycles. The molecule has 0 atom stereocenters. The van der Waals surface area contributed by atoms with E-state index in [4.69, 9.17) is 4.74 Å². The van der Waals surface area contributed by atoms with Gasteiger partial charge in [0.2, 0.25) is 0 Å². The van der Waals surface area contributed by atoms with E-state index in [1.54, 1.807) is 0 Å². The molecule has 0 bridgehead atoms. The number of hydrogen-bond donors (Lipinski definition) is 0. The van der Waals surface area contributed by atoms with Crippen molar-refractivity contribution in [2.45, 2.75) is 0 Å². The first-order valence-electron chi connectivity index (χ1n) is 10.5. The van der Waals surface area contributed by atoms with Crippen LogP contribution in [0, 0.1) is 18.8 Å². The van der Waals surface area contributed by atoms with Crippen LogP contribution in [0.2, 0.25) is 0 Å². The second-order valence-electron chi connectivity index (χ2n) is 7.62. The van der Waals surface area contributed by atoms with Crippen molar-refractivity contribution in [1.29, 1.82) is 0 Å². The fourth-order valence-electron chi connectivity index (χ4n) is 3.81. The van der Waals surface area contributed by atoms with Crippen LogP contribution in [-0.2, 0) is 21.1 Å². The van der Waals surface area contributed by atoms with Gasteiger partial charge in [-0.2, -0.15) is 0 Å². The molecule has 2 aliphatic rings. The van der Waals surface area contributed by atoms with E-state index in [1.807, 2.05) is 84.6 Å². The number of benzene rings is 3. The molecule has 0 saturated heterocycles. The van der Waals surface area contributed by atoms with Gasteiger partial charge in [-0.1, -0.05) is 0 Å². The third-order valence-electron chi connectivity index (χ3n) is 5.31. The minimum atomic E-state index is -0.533. The maximum Gasteiger partial charge on any atom is 0 e. The average molecular weight is 738 g/mol. The first kappa shape index (κ1) is 23.0. The first-order valence-corrected chi connectivity index (χ1v) is 12.9. The molecule has 0 spiro atoms. The number of nitrogens with zero attached hydrogens (tertiary/aromatic N) is 4. The smallest absolute Gasteiger partial charge is 0 e. The van der Waals surface area contributed by atoms with E-state index >= 15 is 0 Å². The van der Waals surface area contributed by atoms with Crippen molar-refractivity contribution in [3.8, 4) is 11.5 Å². The Balaban J connectivity index is 0.00000241. The van der Waals surface area contributed by atoms with E-state index < -0.39 is 20.9 Å². The molecule has 3 aromatic carbocycles. The van der Waals surface area contributed by atoms with Gasteiger partial charge in [-0.15, -0.1) is 0 Å². The van der Waals surface area contributed by atoms with Gasteiger partial charge >= 0.3 is 204 Å². The van der Waals surface area contributed by atoms with E-state index in [1.165, 1.54) is 12.9 Å². The van der Waals surface area contributed by atoms with Crippen LogP contribution in [-0.4, -0.2) is 37.9 Å². The maximum absolute atomic E-state index is 6.22. The number of pyridine rings is 1. The van der Waals surface area contributed by atoms with Crippen LogP contribution in [0.1, 0.15) is 0 Å². The summed E-state index contributed by atoms with van der Waals surface area (Å²) in [7, 11) is 1.99. The molecule has 0 N–H and O–H groups in total. The SMILES string of the molecule is CN1C=CN(c2[c-]c(Oc3[c-]c4c(cc3)[Te]c3ccccc3N4c3ccccn3)ccc2)[CH-]1.[Pt]. The standard InChI is InChI=1S/C27H19N4OTe.Pt/c1-29-15-16-30(19-29)20-7-6-8-21(17-20)32-22-12-13-26-24(18-22)31(27-11-4-5-14-28-27)23-9-2-3-10-25(23)33-26;/h2-16,19H,1H3;/q-3;. The summed E-state index contributed by atoms with van der Waals surface area (Å²) < 4.78 is 8.93. The van der Waals surface area contributed by atoms with Crippen molar-refractivity contribution in [3.05, 3.63) is 110 Å². The Morgan fingerprint density at radius 3 is 2.53 bits per heavy atom. The van der Waals surface area contributed by atoms with Crippen LogP contribution in [0.3, 0.4) is 0 Å². The summed E-state index contributed by atoms with van der Waals surface area (Å²) in [6, 6.07) is 31.5. The number of rotatable bonds is 4. The van der Waals surface area contributed by atoms with Crippen molar-refractivity contribution in [3.63, 3.8) is 0 Å². The Labute approximate surface area is 224 Å². The molecular weight excluding hydrogens is 719 g/mol. The van der Waals surface area contributed by atoms with Crippen LogP contribution in [0.5, 0.6) is 11.5 Å². The van der Waals surface area contributed by atoms with Crippen molar-refractivity contribution in [2.24, 2.45) is 0 Å². The second-order valence-corrected chi connectivity index (χ2v) is 10.7. The normalized spacial score (nSPS) is 13.9. The van der Waals surface area contributed by atoms with Crippen LogP contribution in [0.4, 0.5) is 22.9 Å². The molecule has 0 amide bonds. The quantitative estimate of drug-likeness (QED) is 0.204. The summed E-state index contributed by atoms with van der Waals surface area (Å²) >= 11 is -0.533. The summed E-state index contributed by atoms with van der Waals surface area (Å²) in [4.78, 5) is 10.8. The van der Waals surface area contributed by atoms with Gasteiger partial charge in [0.05, 0.1) is 0 Å². The summed E-state index contributed by atoms with van der Waals surface area (Å²) in [5, 5.41) is 0. The number of hydrogen-bond acceptors (Lipinski definition) is 5. The predicted molar refractivity (Wildman–Crippen MR) is 132 cm³/mol. The minimum absolute atomic E-state index is 0. The maximum atomic E-state index is 6.22. The molecule has 5 nitrogen and oxygen atoms in total. The van der Waals surface area contributed by atoms with Crippen molar-refractivity contribution in [2.75, 3.05) is 16.8 Å². The van der Waals surface area contributed by atoms with Gasteiger partial charge in [-0.05, 0) is 0 Å². The summed E-state index contributed by atoms with van der Waals surface area (Å²) in [5.41, 5.74) is 3.11. The summed E-state index contributed by atoms with van der Waals surface area (Å²) in [6.07, 6.45) is 5.81. The number of anilines is 4. The Morgan fingerprint density at radius 1 is 0.853 bits per heavy atom. The number of aromatic nitrogens is 1. The van der Waals surface area contributed by atoms with E-state index in [9.17, 15) is 0 Å². The largest absolute Gasteiger partial charge is 0 e. The van der Waals surface area contributed by atoms with Crippen LogP contribution < -0.4 is 21.8 Å². The molecule has 6 rings (SSSR count). The minimum Gasteiger partial charge on any atom is 0 e. The van der Waals surface area contributed by atoms with Crippen molar-refractivity contribution in [1.82, 2.24) is 9.88 Å². The number of ether oxygens (including phenoxy) is 1. The number of fused-ring (bicyclic) bond motifs is 2. The Kier molecular flexibility index (Phi) is 6.65. The van der Waals surface area contributed by atoms with E-state index in [2.05, 4.69) is 52.3 Å². The molecule has 34 heavy (non-hydrogen) atoms. The first-order chi connectivity index (χ1) is 16.2. The molecule has 0 unspecified atom stereocenters. The molecule has 7 heteroatoms. The Bertz CT molecular complexity index is 1350. The van der Waals surface area contributed by atoms with Gasteiger partial charge in [-0.25, -0.2) is 0 Å². The van der Waals surface area contributed by atoms with Gasteiger partial charge in [0, 0.05) is 21.1 Å². The zero-order chi connectivity index (χ0) is 22.2. The van der Waals surface area contributed by atoms with Gasteiger partial charge in [-0.3, -0.25) is 0 Å². The van der Waals surface area contributed by atoms with E-state index in [-0.39, 0.29) is 21.1 Å². The molecule has 0 fully saturated rings. The third-order valence-corrected chi connectivity index (χ3v) is 8.49. The zero-order valence-electron chi connectivity index (χ0n) is 18.2. The molecule has 0 radical (unpaired) electrons. The van der Waals surface area contributed by atoms with E-state index in [0.29, 0.717) is 11.5 Å². The third kappa shape index (κ3) is 4.46.